The van der Waals surface area contributed by atoms with E-state index in [4.69, 9.17) is 0 Å². The Morgan fingerprint density at radius 3 is 1.41 bits per heavy atom. The molecular weight excluding hydrogens is 1100 g/mol. The molecule has 23 nitrogen and oxygen atoms in total. The van der Waals surface area contributed by atoms with Crippen molar-refractivity contribution in [2.75, 3.05) is 62.4 Å². The fourth-order valence-corrected chi connectivity index (χ4v) is 10.9. The molecule has 492 valence electrons. The van der Waals surface area contributed by atoms with Crippen molar-refractivity contribution < 1.29 is 57.8 Å². The van der Waals surface area contributed by atoms with Gasteiger partial charge in [-0.15, -0.1) is 0 Å². The third kappa shape index (κ3) is 22.3. The van der Waals surface area contributed by atoms with Crippen molar-refractivity contribution in [1.29, 1.82) is 0 Å². The van der Waals surface area contributed by atoms with Crippen LogP contribution in [0.25, 0.3) is 0 Å². The molecule has 0 aromatic heterocycles. The molecule has 0 aromatic carbocycles. The minimum absolute atomic E-state index is 0.0298. The number of nitrogens with zero attached hydrogens (tertiary/aromatic N) is 7. The number of aliphatic hydroxyl groups excluding tert-OH is 1. The van der Waals surface area contributed by atoms with Crippen molar-refractivity contribution in [3.63, 3.8) is 0 Å². The zero-order chi connectivity index (χ0) is 66.7. The molecule has 1 aliphatic rings. The lowest BCUT2D eigenvalue weighted by Gasteiger charge is -2.41. The first-order chi connectivity index (χ1) is 39.7. The zero-order valence-electron chi connectivity index (χ0n) is 56.8. The van der Waals surface area contributed by atoms with Crippen LogP contribution in [0, 0.1) is 41.4 Å². The highest BCUT2D eigenvalue weighted by atomic mass is 16.3. The largest absolute Gasteiger partial charge is 0.390 e. The lowest BCUT2D eigenvalue weighted by Crippen LogP contribution is -2.63. The van der Waals surface area contributed by atoms with Crippen LogP contribution in [0.2, 0.25) is 0 Å². The number of carbonyl (C=O) groups is 11. The molecule has 1 unspecified atom stereocenters. The Kier molecular flexibility index (Phi) is 32.4. The summed E-state index contributed by atoms with van der Waals surface area (Å²) in [6, 6.07) is -11.8. The quantitative estimate of drug-likeness (QED) is 0.148. The van der Waals surface area contributed by atoms with E-state index >= 15 is 9.59 Å². The van der Waals surface area contributed by atoms with E-state index in [0.717, 1.165) is 9.80 Å². The van der Waals surface area contributed by atoms with Gasteiger partial charge in [-0.05, 0) is 108 Å². The van der Waals surface area contributed by atoms with Crippen LogP contribution in [0.4, 0.5) is 0 Å². The number of carbonyl (C=O) groups excluding carboxylic acids is 11. The number of ketones is 1. The molecular formula is C63H113N11O12. The standard InChI is InChI=1S/C63H113N11O12/c1-25-27-28-41(15)54(77)53-58(81)66-44(26-2)60(83)69(19)34-50(76)70(20)46(30-36(5)6)57(80)67-51(39(11)12)62(85)72(22)47(31-37(7)8)56(79)64-42(16)55(78)65-43(17)59(82)71(21)45(29-35(3)4)49(75)33-68(18)48(32-38(9)10)61(84)73(23)52(40(13)14)63(86)74(53)24/h25,27,35-48,51-54,77H,26,28-34H2,1-24H3,(H,64,79)(H,65,78)(H,66,81)(H,67,80)/b27-25+/t41-,42+,43-,44+,45+,46+,47+,48+,51+,52+,53?,54-/m1/s1. The molecule has 12 atom stereocenters. The fourth-order valence-electron chi connectivity index (χ4n) is 10.9. The predicted octanol–water partition coefficient (Wildman–Crippen LogP) is 3.31. The number of nitrogens with one attached hydrogen (secondary N) is 4. The van der Waals surface area contributed by atoms with Gasteiger partial charge in [-0.1, -0.05) is 109 Å². The van der Waals surface area contributed by atoms with Gasteiger partial charge in [0, 0.05) is 42.3 Å². The highest BCUT2D eigenvalue weighted by Crippen LogP contribution is 2.25. The van der Waals surface area contributed by atoms with Gasteiger partial charge < -0.3 is 55.8 Å². The summed E-state index contributed by atoms with van der Waals surface area (Å²) in [5.74, 6) is -9.07. The van der Waals surface area contributed by atoms with Crippen LogP contribution in [-0.2, 0) is 52.7 Å². The molecule has 1 heterocycles. The molecule has 0 radical (unpaired) electrons. The second-order valence-electron chi connectivity index (χ2n) is 26.5. The number of hydrogen-bond donors (Lipinski definition) is 5. The van der Waals surface area contributed by atoms with Gasteiger partial charge in [0.15, 0.2) is 5.78 Å². The Hall–Kier alpha value is -5.97. The van der Waals surface area contributed by atoms with Crippen molar-refractivity contribution in [3.8, 4) is 0 Å². The average Bonchev–Trinajstić information content (AvgIpc) is 2.09. The maximum absolute atomic E-state index is 15.1. The highest BCUT2D eigenvalue weighted by molar-refractivity contribution is 5.99. The number of hydrogen-bond acceptors (Lipinski definition) is 13. The van der Waals surface area contributed by atoms with E-state index in [2.05, 4.69) is 21.3 Å². The number of allylic oxidation sites excluding steroid dienone is 2. The van der Waals surface area contributed by atoms with Gasteiger partial charge in [-0.2, -0.15) is 0 Å². The SMILES string of the molecule is C/C=C/C[C@@H](C)[C@@H](O)C1C(=O)N[C@@H](CC)C(=O)N(C)CC(=O)N(C)[C@@H](CC(C)C)C(=O)N[C@@H](C(C)C)C(=O)N(C)[C@@H](CC(C)C)C(=O)N[C@@H](C)C(=O)N[C@H](C)C(=O)N(C)[C@@H](CC(C)C)C(=O)CN(C)[C@@H](CC(C)C)C(=O)N(C)[C@@H](C(C)C)C(=O)N1C. The Balaban J connectivity index is 4.27. The summed E-state index contributed by atoms with van der Waals surface area (Å²) in [5, 5.41) is 23.1. The van der Waals surface area contributed by atoms with E-state index in [9.17, 15) is 48.3 Å². The highest BCUT2D eigenvalue weighted by Gasteiger charge is 2.45. The lowest BCUT2D eigenvalue weighted by atomic mass is 9.91. The monoisotopic (exact) mass is 1220 g/mol. The van der Waals surface area contributed by atoms with Crippen molar-refractivity contribution in [1.82, 2.24) is 55.6 Å². The maximum Gasteiger partial charge on any atom is 0.246 e. The van der Waals surface area contributed by atoms with Crippen LogP contribution in [0.5, 0.6) is 0 Å². The van der Waals surface area contributed by atoms with Crippen LogP contribution in [0.1, 0.15) is 156 Å². The third-order valence-electron chi connectivity index (χ3n) is 16.3. The Bertz CT molecular complexity index is 2340. The summed E-state index contributed by atoms with van der Waals surface area (Å²) >= 11 is 0. The van der Waals surface area contributed by atoms with Gasteiger partial charge in [0.1, 0.15) is 48.3 Å². The molecule has 0 bridgehead atoms. The van der Waals surface area contributed by atoms with Crippen LogP contribution in [0.3, 0.4) is 0 Å². The first kappa shape index (κ1) is 78.0. The Labute approximate surface area is 515 Å². The molecule has 10 amide bonds. The number of likely N-dealkylation sites (N-methyl/N-ethyl adjacent to an activating group) is 7. The Morgan fingerprint density at radius 1 is 0.477 bits per heavy atom. The third-order valence-corrected chi connectivity index (χ3v) is 16.3. The second kappa shape index (κ2) is 35.7. The summed E-state index contributed by atoms with van der Waals surface area (Å²) in [4.78, 5) is 168. The summed E-state index contributed by atoms with van der Waals surface area (Å²) in [6.07, 6.45) is 3.29. The topological polar surface area (TPSA) is 279 Å². The number of rotatable bonds is 15. The smallest absolute Gasteiger partial charge is 0.246 e. The molecule has 23 heteroatoms. The van der Waals surface area contributed by atoms with E-state index in [0.29, 0.717) is 6.42 Å². The molecule has 1 saturated heterocycles. The van der Waals surface area contributed by atoms with Crippen molar-refractivity contribution in [2.24, 2.45) is 41.4 Å². The van der Waals surface area contributed by atoms with E-state index in [1.165, 1.54) is 75.7 Å². The van der Waals surface area contributed by atoms with Crippen LogP contribution < -0.4 is 21.3 Å². The lowest BCUT2D eigenvalue weighted by molar-refractivity contribution is -0.155. The number of aliphatic hydroxyl groups is 1. The maximum atomic E-state index is 15.1. The average molecular weight is 1220 g/mol. The van der Waals surface area contributed by atoms with E-state index in [-0.39, 0.29) is 68.1 Å². The van der Waals surface area contributed by atoms with Crippen LogP contribution in [0.15, 0.2) is 12.2 Å². The normalized spacial score (nSPS) is 27.1. The van der Waals surface area contributed by atoms with E-state index in [1.54, 1.807) is 66.5 Å². The van der Waals surface area contributed by atoms with Crippen LogP contribution in [-0.4, -0.2) is 233 Å². The first-order valence-corrected chi connectivity index (χ1v) is 31.0. The van der Waals surface area contributed by atoms with Crippen molar-refractivity contribution in [3.05, 3.63) is 12.2 Å². The summed E-state index contributed by atoms with van der Waals surface area (Å²) in [7, 11) is 10.2. The zero-order valence-corrected chi connectivity index (χ0v) is 56.8. The summed E-state index contributed by atoms with van der Waals surface area (Å²) < 4.78 is 0. The van der Waals surface area contributed by atoms with E-state index < -0.39 is 150 Å². The predicted molar refractivity (Wildman–Crippen MR) is 333 cm³/mol. The van der Waals surface area contributed by atoms with Gasteiger partial charge in [0.05, 0.1) is 31.3 Å². The number of amides is 10. The first-order valence-electron chi connectivity index (χ1n) is 31.0. The molecule has 1 aliphatic heterocycles. The van der Waals surface area contributed by atoms with Gasteiger partial charge in [-0.25, -0.2) is 0 Å². The summed E-state index contributed by atoms with van der Waals surface area (Å²) in [5.41, 5.74) is 0. The minimum atomic E-state index is -1.59. The molecule has 0 aliphatic carbocycles. The molecule has 86 heavy (non-hydrogen) atoms. The molecule has 1 fully saturated rings. The summed E-state index contributed by atoms with van der Waals surface area (Å²) in [6.45, 7) is 29.3. The van der Waals surface area contributed by atoms with Gasteiger partial charge >= 0.3 is 0 Å². The van der Waals surface area contributed by atoms with E-state index in [1.807, 2.05) is 61.5 Å². The van der Waals surface area contributed by atoms with Crippen molar-refractivity contribution >= 4 is 64.9 Å². The molecule has 0 aromatic rings. The molecule has 1 rings (SSSR count). The Morgan fingerprint density at radius 2 is 0.930 bits per heavy atom. The van der Waals surface area contributed by atoms with Crippen LogP contribution >= 0.6 is 0 Å². The molecule has 0 saturated carbocycles. The fraction of sp³-hybridized carbons (Fsp3) is 0.794. The minimum Gasteiger partial charge on any atom is -0.390 e. The molecule has 5 N–H and O–H groups in total. The number of Topliss-reactive ketones (excluding diaryl/α,β-unsaturated/α-hetero) is 1. The van der Waals surface area contributed by atoms with Gasteiger partial charge in [-0.3, -0.25) is 57.6 Å². The second-order valence-corrected chi connectivity index (χ2v) is 26.5. The molecule has 0 spiro atoms. The van der Waals surface area contributed by atoms with Gasteiger partial charge in [0.25, 0.3) is 0 Å². The van der Waals surface area contributed by atoms with Crippen molar-refractivity contribution in [2.45, 2.75) is 223 Å². The van der Waals surface area contributed by atoms with Gasteiger partial charge in [0.2, 0.25) is 59.1 Å².